The third-order valence-corrected chi connectivity index (χ3v) is 7.08. The van der Waals surface area contributed by atoms with Crippen LogP contribution in [0.2, 0.25) is 0 Å². The quantitative estimate of drug-likeness (QED) is 0.320. The topological polar surface area (TPSA) is 64.4 Å². The molecule has 1 atom stereocenters. The van der Waals surface area contributed by atoms with Crippen LogP contribution in [-0.2, 0) is 16.1 Å². The predicted molar refractivity (Wildman–Crippen MR) is 127 cm³/mol. The van der Waals surface area contributed by atoms with Gasteiger partial charge < -0.3 is 9.64 Å². The van der Waals surface area contributed by atoms with Crippen LogP contribution in [0.1, 0.15) is 12.5 Å². The zero-order chi connectivity index (χ0) is 22.0. The van der Waals surface area contributed by atoms with E-state index in [0.29, 0.717) is 41.6 Å². The van der Waals surface area contributed by atoms with Crippen molar-refractivity contribution in [3.8, 4) is 11.1 Å². The summed E-state index contributed by atoms with van der Waals surface area (Å²) in [7, 11) is 0. The molecule has 0 saturated carbocycles. The molecule has 162 valence electrons. The largest absolute Gasteiger partial charge is 0.375 e. The Kier molecular flexibility index (Phi) is 6.60. The molecule has 1 saturated heterocycles. The SMILES string of the molecule is C=CCn1c(SCC(=O)N2CCOC(C)C2)nc2scc(-c3ccc(C)cc3)c2c1=O. The van der Waals surface area contributed by atoms with Crippen molar-refractivity contribution in [3.63, 3.8) is 0 Å². The molecule has 0 bridgehead atoms. The molecule has 1 aliphatic heterocycles. The van der Waals surface area contributed by atoms with E-state index >= 15 is 0 Å². The third-order valence-electron chi connectivity index (χ3n) is 5.25. The maximum Gasteiger partial charge on any atom is 0.263 e. The summed E-state index contributed by atoms with van der Waals surface area (Å²) in [6, 6.07) is 8.13. The Morgan fingerprint density at radius 3 is 2.87 bits per heavy atom. The summed E-state index contributed by atoms with van der Waals surface area (Å²) in [6.07, 6.45) is 1.73. The van der Waals surface area contributed by atoms with E-state index in [2.05, 4.69) is 6.58 Å². The normalized spacial score (nSPS) is 16.6. The number of thioether (sulfide) groups is 1. The number of ether oxygens (including phenoxy) is 1. The molecule has 1 unspecified atom stereocenters. The van der Waals surface area contributed by atoms with Crippen LogP contribution in [0.4, 0.5) is 0 Å². The monoisotopic (exact) mass is 455 g/mol. The number of rotatable bonds is 6. The van der Waals surface area contributed by atoms with Gasteiger partial charge >= 0.3 is 0 Å². The van der Waals surface area contributed by atoms with Gasteiger partial charge in [0.15, 0.2) is 5.16 Å². The van der Waals surface area contributed by atoms with Crippen molar-refractivity contribution in [2.24, 2.45) is 0 Å². The van der Waals surface area contributed by atoms with Crippen molar-refractivity contribution in [1.29, 1.82) is 0 Å². The number of aromatic nitrogens is 2. The van der Waals surface area contributed by atoms with Gasteiger partial charge in [-0.15, -0.1) is 17.9 Å². The molecule has 1 fully saturated rings. The number of aryl methyl sites for hydroxylation is 1. The number of allylic oxidation sites excluding steroid dienone is 1. The fraction of sp³-hybridized carbons (Fsp3) is 0.348. The van der Waals surface area contributed by atoms with E-state index in [1.807, 2.05) is 48.4 Å². The lowest BCUT2D eigenvalue weighted by atomic mass is 10.1. The molecule has 1 amide bonds. The molecule has 0 radical (unpaired) electrons. The van der Waals surface area contributed by atoms with E-state index in [4.69, 9.17) is 9.72 Å². The van der Waals surface area contributed by atoms with Gasteiger partial charge in [-0.1, -0.05) is 47.7 Å². The summed E-state index contributed by atoms with van der Waals surface area (Å²) in [6.45, 7) is 9.88. The van der Waals surface area contributed by atoms with Crippen LogP contribution in [0.25, 0.3) is 21.3 Å². The molecule has 3 aromatic rings. The molecule has 4 rings (SSSR count). The maximum absolute atomic E-state index is 13.4. The third kappa shape index (κ3) is 4.61. The van der Waals surface area contributed by atoms with Gasteiger partial charge in [-0.25, -0.2) is 4.98 Å². The zero-order valence-electron chi connectivity index (χ0n) is 17.7. The first-order valence-corrected chi connectivity index (χ1v) is 12.1. The number of benzene rings is 1. The zero-order valence-corrected chi connectivity index (χ0v) is 19.3. The molecule has 0 spiro atoms. The van der Waals surface area contributed by atoms with Crippen LogP contribution in [0.15, 0.2) is 52.3 Å². The Bertz CT molecular complexity index is 1170. The fourth-order valence-corrected chi connectivity index (χ4v) is 5.51. The van der Waals surface area contributed by atoms with Crippen LogP contribution in [0.5, 0.6) is 0 Å². The van der Waals surface area contributed by atoms with Crippen molar-refractivity contribution in [2.75, 3.05) is 25.4 Å². The van der Waals surface area contributed by atoms with Crippen LogP contribution in [0, 0.1) is 6.92 Å². The van der Waals surface area contributed by atoms with Crippen LogP contribution in [0.3, 0.4) is 0 Å². The molecular weight excluding hydrogens is 430 g/mol. The van der Waals surface area contributed by atoms with Gasteiger partial charge in [0, 0.05) is 30.6 Å². The first-order valence-electron chi connectivity index (χ1n) is 10.2. The van der Waals surface area contributed by atoms with Crippen LogP contribution in [-0.4, -0.2) is 51.9 Å². The van der Waals surface area contributed by atoms with Crippen molar-refractivity contribution in [1.82, 2.24) is 14.5 Å². The highest BCUT2D eigenvalue weighted by Gasteiger charge is 2.23. The Labute approximate surface area is 189 Å². The number of hydrogen-bond acceptors (Lipinski definition) is 6. The Morgan fingerprint density at radius 2 is 2.16 bits per heavy atom. The predicted octanol–water partition coefficient (Wildman–Crippen LogP) is 3.96. The average molecular weight is 456 g/mol. The number of carbonyl (C=O) groups is 1. The van der Waals surface area contributed by atoms with E-state index < -0.39 is 0 Å². The van der Waals surface area contributed by atoms with Gasteiger partial charge in [-0.2, -0.15) is 0 Å². The van der Waals surface area contributed by atoms with Crippen molar-refractivity contribution in [2.45, 2.75) is 31.7 Å². The second-order valence-electron chi connectivity index (χ2n) is 7.60. The number of hydrogen-bond donors (Lipinski definition) is 0. The molecule has 31 heavy (non-hydrogen) atoms. The lowest BCUT2D eigenvalue weighted by molar-refractivity contribution is -0.135. The smallest absolute Gasteiger partial charge is 0.263 e. The molecule has 8 heteroatoms. The lowest BCUT2D eigenvalue weighted by Gasteiger charge is -2.31. The minimum Gasteiger partial charge on any atom is -0.375 e. The van der Waals surface area contributed by atoms with E-state index in [1.54, 1.807) is 10.6 Å². The first-order chi connectivity index (χ1) is 15.0. The molecule has 3 heterocycles. The highest BCUT2D eigenvalue weighted by molar-refractivity contribution is 7.99. The molecule has 1 aromatic carbocycles. The summed E-state index contributed by atoms with van der Waals surface area (Å²) in [5.41, 5.74) is 2.96. The first kappa shape index (κ1) is 21.8. The minimum absolute atomic E-state index is 0.0335. The van der Waals surface area contributed by atoms with Gasteiger partial charge in [0.25, 0.3) is 5.56 Å². The highest BCUT2D eigenvalue weighted by Crippen LogP contribution is 2.32. The van der Waals surface area contributed by atoms with Gasteiger partial charge in [0.1, 0.15) is 4.83 Å². The van der Waals surface area contributed by atoms with Crippen LogP contribution < -0.4 is 5.56 Å². The average Bonchev–Trinajstić information content (AvgIpc) is 3.19. The molecule has 6 nitrogen and oxygen atoms in total. The number of fused-ring (bicyclic) bond motifs is 1. The number of carbonyl (C=O) groups excluding carboxylic acids is 1. The van der Waals surface area contributed by atoms with Gasteiger partial charge in [0.2, 0.25) is 5.91 Å². The van der Waals surface area contributed by atoms with Gasteiger partial charge in [-0.3, -0.25) is 14.2 Å². The maximum atomic E-state index is 13.4. The number of morpholine rings is 1. The minimum atomic E-state index is -0.100. The summed E-state index contributed by atoms with van der Waals surface area (Å²) < 4.78 is 7.12. The van der Waals surface area contributed by atoms with E-state index in [1.165, 1.54) is 28.7 Å². The Morgan fingerprint density at radius 1 is 1.39 bits per heavy atom. The molecule has 2 aromatic heterocycles. The number of nitrogens with zero attached hydrogens (tertiary/aromatic N) is 3. The summed E-state index contributed by atoms with van der Waals surface area (Å²) in [4.78, 5) is 33.3. The fourth-order valence-electron chi connectivity index (χ4n) is 3.61. The summed E-state index contributed by atoms with van der Waals surface area (Å²) in [5, 5.41) is 3.15. The standard InChI is InChI=1S/C23H25N3O3S2/c1-4-9-26-22(28)20-18(17-7-5-15(2)6-8-17)13-30-21(20)24-23(26)31-14-19(27)25-10-11-29-16(3)12-25/h4-8,13,16H,1,9-12,14H2,2-3H3. The number of amides is 1. The van der Waals surface area contributed by atoms with Gasteiger partial charge in [0.05, 0.1) is 23.8 Å². The Balaban J connectivity index is 1.65. The van der Waals surface area contributed by atoms with E-state index in [-0.39, 0.29) is 23.3 Å². The number of thiophene rings is 1. The molecule has 0 N–H and O–H groups in total. The van der Waals surface area contributed by atoms with Crippen molar-refractivity contribution < 1.29 is 9.53 Å². The lowest BCUT2D eigenvalue weighted by Crippen LogP contribution is -2.45. The van der Waals surface area contributed by atoms with Gasteiger partial charge in [-0.05, 0) is 19.4 Å². The molecule has 0 aliphatic carbocycles. The van der Waals surface area contributed by atoms with Crippen LogP contribution >= 0.6 is 23.1 Å². The second kappa shape index (κ2) is 9.38. The Hall–Kier alpha value is -2.42. The van der Waals surface area contributed by atoms with Crippen molar-refractivity contribution in [3.05, 3.63) is 58.2 Å². The summed E-state index contributed by atoms with van der Waals surface area (Å²) in [5.74, 6) is 0.268. The highest BCUT2D eigenvalue weighted by atomic mass is 32.2. The molecule has 1 aliphatic rings. The van der Waals surface area contributed by atoms with E-state index in [9.17, 15) is 9.59 Å². The molecular formula is C23H25N3O3S2. The van der Waals surface area contributed by atoms with Crippen molar-refractivity contribution >= 4 is 39.2 Å². The second-order valence-corrected chi connectivity index (χ2v) is 9.40. The van der Waals surface area contributed by atoms with E-state index in [0.717, 1.165) is 11.1 Å². The summed E-state index contributed by atoms with van der Waals surface area (Å²) >= 11 is 2.76.